The van der Waals surface area contributed by atoms with E-state index in [0.29, 0.717) is 5.69 Å². The number of carbonyl (C=O) groups excluding carboxylic acids is 1. The quantitative estimate of drug-likeness (QED) is 0.679. The van der Waals surface area contributed by atoms with Crippen LogP contribution in [-0.4, -0.2) is 53.0 Å². The molecule has 2 saturated heterocycles. The van der Waals surface area contributed by atoms with Crippen LogP contribution < -0.4 is 5.32 Å². The van der Waals surface area contributed by atoms with Crippen molar-refractivity contribution in [2.75, 3.05) is 31.5 Å². The lowest BCUT2D eigenvalue weighted by molar-refractivity contribution is -0.384. The highest BCUT2D eigenvalue weighted by Crippen LogP contribution is 2.25. The van der Waals surface area contributed by atoms with E-state index in [4.69, 9.17) is 0 Å². The fourth-order valence-corrected chi connectivity index (χ4v) is 3.60. The second-order valence-corrected chi connectivity index (χ2v) is 6.68. The van der Waals surface area contributed by atoms with Crippen molar-refractivity contribution < 1.29 is 9.72 Å². The molecule has 0 aromatic heterocycles. The van der Waals surface area contributed by atoms with Crippen LogP contribution >= 0.6 is 0 Å². The number of urea groups is 1. The zero-order valence-electron chi connectivity index (χ0n) is 14.0. The molecular weight excluding hydrogens is 308 g/mol. The maximum atomic E-state index is 12.7. The average Bonchev–Trinajstić information content (AvgIpc) is 3.21. The summed E-state index contributed by atoms with van der Waals surface area (Å²) in [6.45, 7) is 5.76. The normalized spacial score (nSPS) is 21.2. The van der Waals surface area contributed by atoms with Gasteiger partial charge in [0.15, 0.2) is 0 Å². The molecule has 1 aromatic rings. The second kappa shape index (κ2) is 7.17. The molecule has 7 heteroatoms. The topological polar surface area (TPSA) is 78.7 Å². The van der Waals surface area contributed by atoms with Gasteiger partial charge in [0.05, 0.1) is 10.6 Å². The summed E-state index contributed by atoms with van der Waals surface area (Å²) in [6, 6.07) is 4.64. The summed E-state index contributed by atoms with van der Waals surface area (Å²) < 4.78 is 0. The fourth-order valence-electron chi connectivity index (χ4n) is 3.60. The summed E-state index contributed by atoms with van der Waals surface area (Å²) in [4.78, 5) is 27.5. The first-order chi connectivity index (χ1) is 11.5. The van der Waals surface area contributed by atoms with Gasteiger partial charge in [-0.15, -0.1) is 0 Å². The molecule has 0 bridgehead atoms. The average molecular weight is 332 g/mol. The molecule has 2 heterocycles. The zero-order valence-corrected chi connectivity index (χ0v) is 14.0. The van der Waals surface area contributed by atoms with Gasteiger partial charge in [-0.3, -0.25) is 10.1 Å². The van der Waals surface area contributed by atoms with Crippen molar-refractivity contribution >= 4 is 17.4 Å². The molecule has 7 nitrogen and oxygen atoms in total. The van der Waals surface area contributed by atoms with Crippen molar-refractivity contribution in [1.82, 2.24) is 9.80 Å². The molecule has 2 aliphatic heterocycles. The third-order valence-electron chi connectivity index (χ3n) is 4.98. The predicted octanol–water partition coefficient (Wildman–Crippen LogP) is 3.00. The van der Waals surface area contributed by atoms with Crippen molar-refractivity contribution in [3.63, 3.8) is 0 Å². The van der Waals surface area contributed by atoms with Crippen LogP contribution in [0.25, 0.3) is 0 Å². The van der Waals surface area contributed by atoms with Crippen LogP contribution in [0, 0.1) is 17.0 Å². The molecule has 130 valence electrons. The zero-order chi connectivity index (χ0) is 17.1. The number of nitro groups is 1. The number of carbonyl (C=O) groups is 1. The summed E-state index contributed by atoms with van der Waals surface area (Å²) in [7, 11) is 0. The largest absolute Gasteiger partial charge is 0.322 e. The van der Waals surface area contributed by atoms with Crippen LogP contribution in [0.1, 0.15) is 31.2 Å². The van der Waals surface area contributed by atoms with Gasteiger partial charge < -0.3 is 15.1 Å². The lowest BCUT2D eigenvalue weighted by Crippen LogP contribution is -2.44. The Hall–Kier alpha value is -2.15. The van der Waals surface area contributed by atoms with Crippen molar-refractivity contribution in [3.05, 3.63) is 33.9 Å². The Morgan fingerprint density at radius 3 is 2.75 bits per heavy atom. The molecule has 0 spiro atoms. The number of nitrogens with one attached hydrogen (secondary N) is 1. The standard InChI is InChI=1S/C17H24N4O3/c1-13-6-7-14(21(23)24)11-16(13)18-17(22)20-10-4-5-15(20)12-19-8-2-3-9-19/h6-7,11,15H,2-5,8-10,12H2,1H3,(H,18,22)/t15-/m0/s1. The van der Waals surface area contributed by atoms with E-state index >= 15 is 0 Å². The highest BCUT2D eigenvalue weighted by Gasteiger charge is 2.31. The summed E-state index contributed by atoms with van der Waals surface area (Å²) in [5.74, 6) is 0. The summed E-state index contributed by atoms with van der Waals surface area (Å²) >= 11 is 0. The first-order valence-corrected chi connectivity index (χ1v) is 8.59. The van der Waals surface area contributed by atoms with E-state index in [2.05, 4.69) is 10.2 Å². The van der Waals surface area contributed by atoms with Gasteiger partial charge in [0.2, 0.25) is 0 Å². The van der Waals surface area contributed by atoms with Gasteiger partial charge in [0.1, 0.15) is 0 Å². The Morgan fingerprint density at radius 2 is 2.04 bits per heavy atom. The minimum Gasteiger partial charge on any atom is -0.320 e. The van der Waals surface area contributed by atoms with E-state index in [1.807, 2.05) is 11.8 Å². The lowest BCUT2D eigenvalue weighted by Gasteiger charge is -2.28. The molecule has 24 heavy (non-hydrogen) atoms. The van der Waals surface area contributed by atoms with Crippen molar-refractivity contribution in [3.8, 4) is 0 Å². The molecular formula is C17H24N4O3. The molecule has 3 rings (SSSR count). The van der Waals surface area contributed by atoms with E-state index in [1.165, 1.54) is 25.0 Å². The number of amides is 2. The van der Waals surface area contributed by atoms with Gasteiger partial charge in [-0.1, -0.05) is 6.07 Å². The van der Waals surface area contributed by atoms with Crippen LogP contribution in [0.3, 0.4) is 0 Å². The summed E-state index contributed by atoms with van der Waals surface area (Å²) in [5.41, 5.74) is 1.33. The maximum Gasteiger partial charge on any atom is 0.322 e. The first kappa shape index (κ1) is 16.7. The number of hydrogen-bond acceptors (Lipinski definition) is 4. The van der Waals surface area contributed by atoms with E-state index < -0.39 is 4.92 Å². The Balaban J connectivity index is 1.67. The molecule has 2 aliphatic rings. The Bertz CT molecular complexity index is 628. The van der Waals surface area contributed by atoms with E-state index in [0.717, 1.165) is 44.6 Å². The van der Waals surface area contributed by atoms with Gasteiger partial charge in [-0.25, -0.2) is 4.79 Å². The van der Waals surface area contributed by atoms with Crippen molar-refractivity contribution in [1.29, 1.82) is 0 Å². The Labute approximate surface area is 141 Å². The maximum absolute atomic E-state index is 12.7. The smallest absolute Gasteiger partial charge is 0.320 e. The molecule has 1 N–H and O–H groups in total. The van der Waals surface area contributed by atoms with Crippen molar-refractivity contribution in [2.24, 2.45) is 0 Å². The molecule has 1 aromatic carbocycles. The number of nitrogens with zero attached hydrogens (tertiary/aromatic N) is 3. The molecule has 2 amide bonds. The molecule has 2 fully saturated rings. The Kier molecular flexibility index (Phi) is 4.99. The molecule has 0 saturated carbocycles. The number of likely N-dealkylation sites (tertiary alicyclic amines) is 2. The van der Waals surface area contributed by atoms with Gasteiger partial charge in [-0.05, 0) is 51.3 Å². The highest BCUT2D eigenvalue weighted by atomic mass is 16.6. The number of anilines is 1. The molecule has 0 radical (unpaired) electrons. The first-order valence-electron chi connectivity index (χ1n) is 8.59. The van der Waals surface area contributed by atoms with Gasteiger partial charge >= 0.3 is 6.03 Å². The number of nitro benzene ring substituents is 1. The number of hydrogen-bond donors (Lipinski definition) is 1. The monoisotopic (exact) mass is 332 g/mol. The fraction of sp³-hybridized carbons (Fsp3) is 0.588. The molecule has 0 unspecified atom stereocenters. The van der Waals surface area contributed by atoms with Crippen LogP contribution in [0.5, 0.6) is 0 Å². The highest BCUT2D eigenvalue weighted by molar-refractivity contribution is 5.91. The minimum atomic E-state index is -0.443. The van der Waals surface area contributed by atoms with E-state index in [1.54, 1.807) is 6.07 Å². The third-order valence-corrected chi connectivity index (χ3v) is 4.98. The minimum absolute atomic E-state index is 0.00839. The van der Waals surface area contributed by atoms with Crippen LogP contribution in [0.4, 0.5) is 16.2 Å². The summed E-state index contributed by atoms with van der Waals surface area (Å²) in [5, 5.41) is 13.8. The van der Waals surface area contributed by atoms with Crippen LogP contribution in [0.2, 0.25) is 0 Å². The molecule has 0 aliphatic carbocycles. The van der Waals surface area contributed by atoms with Gasteiger partial charge in [0, 0.05) is 31.3 Å². The predicted molar refractivity (Wildman–Crippen MR) is 92.3 cm³/mol. The van der Waals surface area contributed by atoms with Crippen LogP contribution in [-0.2, 0) is 0 Å². The number of aryl methyl sites for hydroxylation is 1. The SMILES string of the molecule is Cc1ccc([N+](=O)[O-])cc1NC(=O)N1CCC[C@H]1CN1CCCC1. The number of rotatable bonds is 4. The van der Waals surface area contributed by atoms with Crippen molar-refractivity contribution in [2.45, 2.75) is 38.6 Å². The van der Waals surface area contributed by atoms with E-state index in [9.17, 15) is 14.9 Å². The van der Waals surface area contributed by atoms with E-state index in [-0.39, 0.29) is 17.8 Å². The molecule has 1 atom stereocenters. The third kappa shape index (κ3) is 3.67. The number of non-ortho nitro benzene ring substituents is 1. The van der Waals surface area contributed by atoms with Gasteiger partial charge in [-0.2, -0.15) is 0 Å². The number of benzene rings is 1. The summed E-state index contributed by atoms with van der Waals surface area (Å²) in [6.07, 6.45) is 4.52. The Morgan fingerprint density at radius 1 is 1.29 bits per heavy atom. The van der Waals surface area contributed by atoms with Gasteiger partial charge in [0.25, 0.3) is 5.69 Å². The van der Waals surface area contributed by atoms with Crippen LogP contribution in [0.15, 0.2) is 18.2 Å². The second-order valence-electron chi connectivity index (χ2n) is 6.68. The lowest BCUT2D eigenvalue weighted by atomic mass is 10.2.